The topological polar surface area (TPSA) is 66.5 Å². The van der Waals surface area contributed by atoms with Crippen LogP contribution in [0.15, 0.2) is 59.5 Å². The number of sulfonamides is 1. The minimum Gasteiger partial charge on any atom is -0.339 e. The highest BCUT2D eigenvalue weighted by Crippen LogP contribution is 2.18. The Balaban J connectivity index is 1.72. The molecular weight excluding hydrogens is 324 g/mol. The first-order valence-corrected chi connectivity index (χ1v) is 9.52. The van der Waals surface area contributed by atoms with E-state index in [1.807, 2.05) is 4.90 Å². The van der Waals surface area contributed by atoms with E-state index in [2.05, 4.69) is 4.72 Å². The van der Waals surface area contributed by atoms with Crippen molar-refractivity contribution >= 4 is 21.6 Å². The van der Waals surface area contributed by atoms with Gasteiger partial charge in [-0.3, -0.25) is 9.52 Å². The van der Waals surface area contributed by atoms with Crippen LogP contribution < -0.4 is 4.72 Å². The zero-order chi connectivity index (χ0) is 17.0. The summed E-state index contributed by atoms with van der Waals surface area (Å²) >= 11 is 0. The van der Waals surface area contributed by atoms with Crippen molar-refractivity contribution in [1.29, 1.82) is 0 Å². The number of anilines is 1. The van der Waals surface area contributed by atoms with Gasteiger partial charge in [-0.15, -0.1) is 0 Å². The Hall–Kier alpha value is -2.34. The fraction of sp³-hybridized carbons (Fsp3) is 0.278. The molecule has 1 aliphatic heterocycles. The molecule has 1 N–H and O–H groups in total. The van der Waals surface area contributed by atoms with Crippen molar-refractivity contribution in [3.8, 4) is 0 Å². The van der Waals surface area contributed by atoms with E-state index in [-0.39, 0.29) is 10.8 Å². The first-order valence-electron chi connectivity index (χ1n) is 8.03. The molecule has 0 spiro atoms. The normalized spacial score (nSPS) is 15.1. The molecule has 0 saturated carbocycles. The summed E-state index contributed by atoms with van der Waals surface area (Å²) < 4.78 is 27.1. The minimum absolute atomic E-state index is 0.00664. The summed E-state index contributed by atoms with van der Waals surface area (Å²) in [4.78, 5) is 14.5. The Morgan fingerprint density at radius 3 is 2.12 bits per heavy atom. The number of hydrogen-bond acceptors (Lipinski definition) is 3. The predicted octanol–water partition coefficient (Wildman–Crippen LogP) is 3.11. The van der Waals surface area contributed by atoms with E-state index >= 15 is 0 Å². The molecule has 0 aliphatic carbocycles. The average molecular weight is 344 g/mol. The zero-order valence-electron chi connectivity index (χ0n) is 13.3. The number of carbonyl (C=O) groups is 1. The van der Waals surface area contributed by atoms with E-state index in [1.165, 1.54) is 18.6 Å². The van der Waals surface area contributed by atoms with E-state index in [4.69, 9.17) is 0 Å². The second-order valence-electron chi connectivity index (χ2n) is 5.85. The molecule has 5 nitrogen and oxygen atoms in total. The molecule has 2 aromatic rings. The Morgan fingerprint density at radius 2 is 1.50 bits per heavy atom. The van der Waals surface area contributed by atoms with E-state index < -0.39 is 10.0 Å². The van der Waals surface area contributed by atoms with Gasteiger partial charge in [-0.25, -0.2) is 8.42 Å². The first kappa shape index (κ1) is 16.5. The molecule has 3 rings (SSSR count). The third-order valence-electron chi connectivity index (χ3n) is 4.08. The number of nitrogens with zero attached hydrogens (tertiary/aromatic N) is 1. The standard InChI is InChI=1S/C18H20N2O3S/c21-18(20-13-5-2-6-14-20)15-9-11-16(12-10-15)19-24(22,23)17-7-3-1-4-8-17/h1,3-4,7-12,19H,2,5-6,13-14H2. The van der Waals surface area contributed by atoms with Crippen LogP contribution >= 0.6 is 0 Å². The number of rotatable bonds is 4. The van der Waals surface area contributed by atoms with Crippen LogP contribution in [-0.2, 0) is 10.0 Å². The monoisotopic (exact) mass is 344 g/mol. The van der Waals surface area contributed by atoms with Crippen molar-refractivity contribution in [2.75, 3.05) is 17.8 Å². The van der Waals surface area contributed by atoms with Gasteiger partial charge in [0, 0.05) is 24.3 Å². The Labute approximate surface area is 142 Å². The fourth-order valence-electron chi connectivity index (χ4n) is 2.77. The molecule has 126 valence electrons. The summed E-state index contributed by atoms with van der Waals surface area (Å²) in [5, 5.41) is 0. The van der Waals surface area contributed by atoms with Crippen molar-refractivity contribution in [2.45, 2.75) is 24.2 Å². The minimum atomic E-state index is -3.61. The Bertz CT molecular complexity index is 796. The molecule has 1 fully saturated rings. The highest BCUT2D eigenvalue weighted by Gasteiger charge is 2.18. The third-order valence-corrected chi connectivity index (χ3v) is 5.48. The highest BCUT2D eigenvalue weighted by atomic mass is 32.2. The molecule has 24 heavy (non-hydrogen) atoms. The van der Waals surface area contributed by atoms with Crippen LogP contribution in [0.2, 0.25) is 0 Å². The maximum absolute atomic E-state index is 12.4. The summed E-state index contributed by atoms with van der Waals surface area (Å²) in [6, 6.07) is 14.8. The molecule has 0 aromatic heterocycles. The maximum Gasteiger partial charge on any atom is 0.261 e. The summed E-state index contributed by atoms with van der Waals surface area (Å²) in [7, 11) is -3.61. The molecular formula is C18H20N2O3S. The first-order chi connectivity index (χ1) is 11.6. The lowest BCUT2D eigenvalue weighted by Gasteiger charge is -2.26. The Kier molecular flexibility index (Phi) is 4.85. The van der Waals surface area contributed by atoms with Gasteiger partial charge in [0.25, 0.3) is 15.9 Å². The van der Waals surface area contributed by atoms with Gasteiger partial charge in [-0.05, 0) is 55.7 Å². The van der Waals surface area contributed by atoms with E-state index in [1.54, 1.807) is 42.5 Å². The molecule has 2 aromatic carbocycles. The number of piperidine rings is 1. The van der Waals surface area contributed by atoms with Crippen LogP contribution in [0, 0.1) is 0 Å². The van der Waals surface area contributed by atoms with Gasteiger partial charge < -0.3 is 4.90 Å². The average Bonchev–Trinajstić information content (AvgIpc) is 2.63. The summed E-state index contributed by atoms with van der Waals surface area (Å²) in [6.45, 7) is 1.59. The molecule has 1 saturated heterocycles. The van der Waals surface area contributed by atoms with Crippen molar-refractivity contribution in [3.63, 3.8) is 0 Å². The summed E-state index contributed by atoms with van der Waals surface area (Å²) in [5.74, 6) is 0.00664. The molecule has 1 heterocycles. The van der Waals surface area contributed by atoms with Gasteiger partial charge in [-0.2, -0.15) is 0 Å². The van der Waals surface area contributed by atoms with Crippen molar-refractivity contribution in [2.24, 2.45) is 0 Å². The number of amides is 1. The molecule has 0 bridgehead atoms. The maximum atomic E-state index is 12.4. The van der Waals surface area contributed by atoms with Gasteiger partial charge in [-0.1, -0.05) is 18.2 Å². The van der Waals surface area contributed by atoms with E-state index in [9.17, 15) is 13.2 Å². The largest absolute Gasteiger partial charge is 0.339 e. The van der Waals surface area contributed by atoms with Crippen LogP contribution in [0.25, 0.3) is 0 Å². The van der Waals surface area contributed by atoms with Crippen LogP contribution in [0.5, 0.6) is 0 Å². The van der Waals surface area contributed by atoms with Gasteiger partial charge >= 0.3 is 0 Å². The van der Waals surface area contributed by atoms with Gasteiger partial charge in [0.2, 0.25) is 0 Å². The second-order valence-corrected chi connectivity index (χ2v) is 7.53. The molecule has 0 radical (unpaired) electrons. The van der Waals surface area contributed by atoms with Crippen LogP contribution in [0.3, 0.4) is 0 Å². The summed E-state index contributed by atoms with van der Waals surface area (Å²) in [5.41, 5.74) is 1.02. The number of likely N-dealkylation sites (tertiary alicyclic amines) is 1. The number of benzene rings is 2. The third kappa shape index (κ3) is 3.76. The SMILES string of the molecule is O=C(c1ccc(NS(=O)(=O)c2ccccc2)cc1)N1CCCCC1. The van der Waals surface area contributed by atoms with E-state index in [0.717, 1.165) is 25.9 Å². The van der Waals surface area contributed by atoms with Crippen molar-refractivity contribution in [1.82, 2.24) is 4.90 Å². The second kappa shape index (κ2) is 7.05. The van der Waals surface area contributed by atoms with Gasteiger partial charge in [0.15, 0.2) is 0 Å². The van der Waals surface area contributed by atoms with E-state index in [0.29, 0.717) is 11.3 Å². The smallest absolute Gasteiger partial charge is 0.261 e. The molecule has 1 amide bonds. The highest BCUT2D eigenvalue weighted by molar-refractivity contribution is 7.92. The Morgan fingerprint density at radius 1 is 0.875 bits per heavy atom. The number of nitrogens with one attached hydrogen (secondary N) is 1. The molecule has 0 unspecified atom stereocenters. The number of hydrogen-bond donors (Lipinski definition) is 1. The van der Waals surface area contributed by atoms with Crippen molar-refractivity contribution in [3.05, 3.63) is 60.2 Å². The van der Waals surface area contributed by atoms with Crippen LogP contribution in [-0.4, -0.2) is 32.3 Å². The number of carbonyl (C=O) groups excluding carboxylic acids is 1. The van der Waals surface area contributed by atoms with Crippen molar-refractivity contribution < 1.29 is 13.2 Å². The molecule has 0 atom stereocenters. The quantitative estimate of drug-likeness (QED) is 0.927. The lowest BCUT2D eigenvalue weighted by molar-refractivity contribution is 0.0724. The predicted molar refractivity (Wildman–Crippen MR) is 93.4 cm³/mol. The molecule has 6 heteroatoms. The zero-order valence-corrected chi connectivity index (χ0v) is 14.1. The van der Waals surface area contributed by atoms with Gasteiger partial charge in [0.1, 0.15) is 0 Å². The fourth-order valence-corrected chi connectivity index (χ4v) is 3.85. The summed E-state index contributed by atoms with van der Waals surface area (Å²) in [6.07, 6.45) is 3.26. The van der Waals surface area contributed by atoms with Crippen LogP contribution in [0.1, 0.15) is 29.6 Å². The lowest BCUT2D eigenvalue weighted by atomic mass is 10.1. The van der Waals surface area contributed by atoms with Crippen LogP contribution in [0.4, 0.5) is 5.69 Å². The van der Waals surface area contributed by atoms with Gasteiger partial charge in [0.05, 0.1) is 4.90 Å². The lowest BCUT2D eigenvalue weighted by Crippen LogP contribution is -2.35. The molecule has 1 aliphatic rings.